The van der Waals surface area contributed by atoms with Crippen molar-refractivity contribution in [2.75, 3.05) is 11.9 Å². The molecule has 0 aliphatic carbocycles. The number of aromatic hydroxyl groups is 1. The average molecular weight is 405 g/mol. The number of anilines is 1. The Hall–Kier alpha value is -3.12. The third-order valence-corrected chi connectivity index (χ3v) is 5.90. The fraction of sp³-hybridized carbons (Fsp3) is 0.217. The van der Waals surface area contributed by atoms with E-state index in [9.17, 15) is 5.11 Å². The van der Waals surface area contributed by atoms with Gasteiger partial charge < -0.3 is 15.0 Å². The highest BCUT2D eigenvalue weighted by Gasteiger charge is 2.12. The molecule has 0 spiro atoms. The second-order valence-electron chi connectivity index (χ2n) is 7.16. The van der Waals surface area contributed by atoms with E-state index in [0.29, 0.717) is 0 Å². The molecule has 0 fully saturated rings. The summed E-state index contributed by atoms with van der Waals surface area (Å²) in [6.45, 7) is 5.85. The smallest absolute Gasteiger partial charge is 0.127 e. The first-order valence-electron chi connectivity index (χ1n) is 9.66. The van der Waals surface area contributed by atoms with Crippen LogP contribution < -0.4 is 5.32 Å². The first-order valence-corrected chi connectivity index (χ1v) is 10.5. The number of aryl methyl sites for hydroxylation is 3. The van der Waals surface area contributed by atoms with Crippen molar-refractivity contribution in [3.63, 3.8) is 0 Å². The predicted molar refractivity (Wildman–Crippen MR) is 119 cm³/mol. The fourth-order valence-corrected chi connectivity index (χ4v) is 4.23. The SMILES string of the molecule is Cc1ccc(O)c(-c2cc(-c3sccc3C)cc(NCCCn3ccnc3)n2)c1. The quantitative estimate of drug-likeness (QED) is 0.399. The topological polar surface area (TPSA) is 63.0 Å². The Labute approximate surface area is 174 Å². The highest BCUT2D eigenvalue weighted by Crippen LogP contribution is 2.36. The minimum atomic E-state index is 0.245. The van der Waals surface area contributed by atoms with Gasteiger partial charge in [-0.3, -0.25) is 0 Å². The molecule has 3 aromatic heterocycles. The zero-order chi connectivity index (χ0) is 20.2. The molecule has 0 unspecified atom stereocenters. The maximum absolute atomic E-state index is 10.4. The van der Waals surface area contributed by atoms with Crippen LogP contribution in [0.15, 0.2) is 60.5 Å². The first kappa shape index (κ1) is 19.2. The van der Waals surface area contributed by atoms with Crippen molar-refractivity contribution in [3.8, 4) is 27.4 Å². The molecule has 4 aromatic rings. The molecule has 148 valence electrons. The molecule has 3 heterocycles. The molecule has 4 rings (SSSR count). The molecule has 0 amide bonds. The normalized spacial score (nSPS) is 11.0. The number of imidazole rings is 1. The molecule has 0 saturated heterocycles. The van der Waals surface area contributed by atoms with Crippen LogP contribution in [0.1, 0.15) is 17.5 Å². The van der Waals surface area contributed by atoms with E-state index in [1.165, 1.54) is 10.4 Å². The number of pyridine rings is 1. The van der Waals surface area contributed by atoms with Crippen molar-refractivity contribution < 1.29 is 5.11 Å². The van der Waals surface area contributed by atoms with E-state index in [4.69, 9.17) is 4.98 Å². The number of thiophene rings is 1. The number of phenolic OH excluding ortho intramolecular Hbond substituents is 1. The Morgan fingerprint density at radius 1 is 1.14 bits per heavy atom. The van der Waals surface area contributed by atoms with Gasteiger partial charge in [-0.15, -0.1) is 11.3 Å². The molecule has 6 heteroatoms. The summed E-state index contributed by atoms with van der Waals surface area (Å²) < 4.78 is 2.07. The van der Waals surface area contributed by atoms with Gasteiger partial charge in [0.2, 0.25) is 0 Å². The lowest BCUT2D eigenvalue weighted by Crippen LogP contribution is -2.07. The molecule has 0 bridgehead atoms. The zero-order valence-electron chi connectivity index (χ0n) is 16.6. The van der Waals surface area contributed by atoms with Gasteiger partial charge in [-0.25, -0.2) is 9.97 Å². The summed E-state index contributed by atoms with van der Waals surface area (Å²) >= 11 is 1.72. The lowest BCUT2D eigenvalue weighted by Gasteiger charge is -2.12. The van der Waals surface area contributed by atoms with Crippen LogP contribution in [0.4, 0.5) is 5.82 Å². The summed E-state index contributed by atoms with van der Waals surface area (Å²) in [6.07, 6.45) is 6.56. The van der Waals surface area contributed by atoms with Gasteiger partial charge in [0.1, 0.15) is 11.6 Å². The van der Waals surface area contributed by atoms with Crippen LogP contribution >= 0.6 is 11.3 Å². The summed E-state index contributed by atoms with van der Waals surface area (Å²) in [4.78, 5) is 10.1. The van der Waals surface area contributed by atoms with Gasteiger partial charge in [-0.1, -0.05) is 11.6 Å². The van der Waals surface area contributed by atoms with Crippen molar-refractivity contribution in [2.24, 2.45) is 0 Å². The van der Waals surface area contributed by atoms with E-state index in [0.717, 1.165) is 47.7 Å². The predicted octanol–water partition coefficient (Wildman–Crippen LogP) is 5.50. The van der Waals surface area contributed by atoms with Crippen LogP contribution in [0.25, 0.3) is 21.7 Å². The molecular formula is C23H24N4OS. The molecule has 2 N–H and O–H groups in total. The molecule has 1 aromatic carbocycles. The summed E-state index contributed by atoms with van der Waals surface area (Å²) in [6, 6.07) is 11.9. The maximum Gasteiger partial charge on any atom is 0.127 e. The van der Waals surface area contributed by atoms with Crippen molar-refractivity contribution in [3.05, 3.63) is 71.6 Å². The van der Waals surface area contributed by atoms with E-state index in [1.54, 1.807) is 23.6 Å². The molecule has 0 aliphatic rings. The summed E-state index contributed by atoms with van der Waals surface area (Å²) in [7, 11) is 0. The van der Waals surface area contributed by atoms with E-state index >= 15 is 0 Å². The maximum atomic E-state index is 10.4. The Morgan fingerprint density at radius 3 is 2.79 bits per heavy atom. The monoisotopic (exact) mass is 404 g/mol. The number of phenols is 1. The van der Waals surface area contributed by atoms with Crippen LogP contribution in [0.3, 0.4) is 0 Å². The number of aromatic nitrogens is 3. The molecule has 0 saturated carbocycles. The van der Waals surface area contributed by atoms with Gasteiger partial charge >= 0.3 is 0 Å². The minimum absolute atomic E-state index is 0.245. The number of nitrogens with zero attached hydrogens (tertiary/aromatic N) is 3. The van der Waals surface area contributed by atoms with Crippen LogP contribution in [0, 0.1) is 13.8 Å². The third kappa shape index (κ3) is 4.49. The zero-order valence-corrected chi connectivity index (χ0v) is 17.4. The van der Waals surface area contributed by atoms with Crippen LogP contribution in [-0.4, -0.2) is 26.2 Å². The standard InChI is InChI=1S/C23H24N4OS/c1-16-4-5-21(28)19(12-16)20-13-18(23-17(2)6-11-29-23)14-22(26-20)25-7-3-9-27-10-8-24-15-27/h4-6,8,10-15,28H,3,7,9H2,1-2H3,(H,25,26). The fourth-order valence-electron chi connectivity index (χ4n) is 3.31. The summed E-state index contributed by atoms with van der Waals surface area (Å²) in [5.74, 6) is 1.06. The molecule has 0 atom stereocenters. The molecule has 5 nitrogen and oxygen atoms in total. The average Bonchev–Trinajstić information content (AvgIpc) is 3.38. The number of hydrogen-bond donors (Lipinski definition) is 2. The van der Waals surface area contributed by atoms with Crippen LogP contribution in [-0.2, 0) is 6.54 Å². The number of rotatable bonds is 7. The molecule has 0 aliphatic heterocycles. The molecule has 0 radical (unpaired) electrons. The Kier molecular flexibility index (Phi) is 5.62. The molecule has 29 heavy (non-hydrogen) atoms. The largest absolute Gasteiger partial charge is 0.507 e. The number of benzene rings is 1. The lowest BCUT2D eigenvalue weighted by molar-refractivity contribution is 0.477. The Balaban J connectivity index is 1.63. The van der Waals surface area contributed by atoms with Crippen LogP contribution in [0.5, 0.6) is 5.75 Å². The van der Waals surface area contributed by atoms with Crippen molar-refractivity contribution in [1.29, 1.82) is 0 Å². The van der Waals surface area contributed by atoms with Gasteiger partial charge in [-0.2, -0.15) is 0 Å². The number of hydrogen-bond acceptors (Lipinski definition) is 5. The van der Waals surface area contributed by atoms with E-state index in [1.807, 2.05) is 31.6 Å². The van der Waals surface area contributed by atoms with Gasteiger partial charge in [-0.05, 0) is 67.1 Å². The van der Waals surface area contributed by atoms with Crippen molar-refractivity contribution in [2.45, 2.75) is 26.8 Å². The number of nitrogens with one attached hydrogen (secondary N) is 1. The second-order valence-corrected chi connectivity index (χ2v) is 8.08. The van der Waals surface area contributed by atoms with E-state index in [-0.39, 0.29) is 5.75 Å². The first-order chi connectivity index (χ1) is 14.1. The lowest BCUT2D eigenvalue weighted by atomic mass is 10.0. The van der Waals surface area contributed by atoms with E-state index in [2.05, 4.69) is 45.4 Å². The highest BCUT2D eigenvalue weighted by molar-refractivity contribution is 7.13. The summed E-state index contributed by atoms with van der Waals surface area (Å²) in [5.41, 5.74) is 4.97. The highest BCUT2D eigenvalue weighted by atomic mass is 32.1. The van der Waals surface area contributed by atoms with Gasteiger partial charge in [0, 0.05) is 35.9 Å². The van der Waals surface area contributed by atoms with E-state index < -0.39 is 0 Å². The van der Waals surface area contributed by atoms with Crippen molar-refractivity contribution in [1.82, 2.24) is 14.5 Å². The second kappa shape index (κ2) is 8.49. The Morgan fingerprint density at radius 2 is 2.03 bits per heavy atom. The summed E-state index contributed by atoms with van der Waals surface area (Å²) in [5, 5.41) is 16.0. The Bertz CT molecular complexity index is 1100. The van der Waals surface area contributed by atoms with Gasteiger partial charge in [0.25, 0.3) is 0 Å². The third-order valence-electron chi connectivity index (χ3n) is 4.84. The van der Waals surface area contributed by atoms with Gasteiger partial charge in [0.15, 0.2) is 0 Å². The minimum Gasteiger partial charge on any atom is -0.507 e. The van der Waals surface area contributed by atoms with Crippen LogP contribution in [0.2, 0.25) is 0 Å². The van der Waals surface area contributed by atoms with Gasteiger partial charge in [0.05, 0.1) is 12.0 Å². The molecular weight excluding hydrogens is 380 g/mol. The van der Waals surface area contributed by atoms with Crippen molar-refractivity contribution >= 4 is 17.2 Å².